The number of carbonyl (C=O) groups is 1. The van der Waals surface area contributed by atoms with Gasteiger partial charge in [-0.15, -0.1) is 0 Å². The highest BCUT2D eigenvalue weighted by molar-refractivity contribution is 9.10. The number of aryl methyl sites for hydroxylation is 1. The van der Waals surface area contributed by atoms with Crippen molar-refractivity contribution >= 4 is 27.5 Å². The Kier molecular flexibility index (Phi) is 5.67. The number of halogens is 1. The molecule has 29 heavy (non-hydrogen) atoms. The maximum Gasteiger partial charge on any atom is 0.258 e. The molecule has 4 heteroatoms. The van der Waals surface area contributed by atoms with E-state index in [1.807, 2.05) is 29.2 Å². The molecule has 1 spiro atoms. The molecule has 2 aromatic rings. The highest BCUT2D eigenvalue weighted by atomic mass is 79.9. The average molecular weight is 453 g/mol. The maximum atomic E-state index is 13.4. The third-order valence-electron chi connectivity index (χ3n) is 6.36. The Labute approximate surface area is 182 Å². The lowest BCUT2D eigenvalue weighted by Gasteiger charge is -2.39. The second kappa shape index (κ2) is 8.08. The number of benzene rings is 2. The number of likely N-dealkylation sites (tertiary alicyclic amines) is 1. The summed E-state index contributed by atoms with van der Waals surface area (Å²) in [6.07, 6.45) is 4.51. The first-order valence-electron chi connectivity index (χ1n) is 10.4. The van der Waals surface area contributed by atoms with Crippen LogP contribution in [0.1, 0.15) is 48.2 Å². The van der Waals surface area contributed by atoms with Crippen LogP contribution in [-0.2, 0) is 5.41 Å². The number of hydrogen-bond donors (Lipinski definition) is 0. The van der Waals surface area contributed by atoms with E-state index in [4.69, 9.17) is 0 Å². The molecule has 2 aliphatic heterocycles. The van der Waals surface area contributed by atoms with Crippen LogP contribution < -0.4 is 4.90 Å². The number of rotatable bonds is 3. The first-order valence-corrected chi connectivity index (χ1v) is 11.2. The van der Waals surface area contributed by atoms with E-state index < -0.39 is 0 Å². The molecule has 2 heterocycles. The van der Waals surface area contributed by atoms with Crippen LogP contribution in [0.25, 0.3) is 0 Å². The fraction of sp³-hybridized carbons (Fsp3) is 0.400. The molecule has 0 aliphatic carbocycles. The molecule has 2 aliphatic rings. The Morgan fingerprint density at radius 1 is 1.14 bits per heavy atom. The van der Waals surface area contributed by atoms with Crippen LogP contribution in [0.5, 0.6) is 0 Å². The fourth-order valence-corrected chi connectivity index (χ4v) is 5.04. The predicted octanol–water partition coefficient (Wildman–Crippen LogP) is 5.72. The molecule has 1 amide bonds. The van der Waals surface area contributed by atoms with E-state index in [-0.39, 0.29) is 11.3 Å². The van der Waals surface area contributed by atoms with Crippen molar-refractivity contribution in [2.75, 3.05) is 31.1 Å². The minimum atomic E-state index is 0.0739. The number of anilines is 1. The van der Waals surface area contributed by atoms with Crippen molar-refractivity contribution in [3.8, 4) is 0 Å². The summed E-state index contributed by atoms with van der Waals surface area (Å²) in [5.41, 5.74) is 5.92. The van der Waals surface area contributed by atoms with Crippen LogP contribution in [0.2, 0.25) is 0 Å². The molecule has 0 radical (unpaired) electrons. The zero-order valence-corrected chi connectivity index (χ0v) is 19.1. The Balaban J connectivity index is 1.62. The molecule has 2 aromatic carbocycles. The van der Waals surface area contributed by atoms with Gasteiger partial charge in [-0.1, -0.05) is 51.3 Å². The van der Waals surface area contributed by atoms with Crippen molar-refractivity contribution in [2.24, 2.45) is 0 Å². The Morgan fingerprint density at radius 3 is 2.59 bits per heavy atom. The van der Waals surface area contributed by atoms with Crippen molar-refractivity contribution in [3.63, 3.8) is 0 Å². The maximum absolute atomic E-state index is 13.4. The topological polar surface area (TPSA) is 23.6 Å². The van der Waals surface area contributed by atoms with Gasteiger partial charge in [0, 0.05) is 34.2 Å². The second-order valence-electron chi connectivity index (χ2n) is 8.78. The van der Waals surface area contributed by atoms with Crippen LogP contribution >= 0.6 is 15.9 Å². The largest absolute Gasteiger partial charge is 0.307 e. The minimum Gasteiger partial charge on any atom is -0.307 e. The number of allylic oxidation sites excluding steroid dienone is 1. The highest BCUT2D eigenvalue weighted by Gasteiger charge is 2.46. The average Bonchev–Trinajstić information content (AvgIpc) is 3.00. The standard InChI is InChI=1S/C25H29BrN2O/c1-18(2)9-12-27-13-10-25(11-14-27)17-28(23-8-7-19(3)15-22(23)25)24(29)20-5-4-6-21(26)16-20/h4-9,15-16H,10-14,17H2,1-3H3. The summed E-state index contributed by atoms with van der Waals surface area (Å²) in [6, 6.07) is 14.3. The summed E-state index contributed by atoms with van der Waals surface area (Å²) < 4.78 is 0.939. The Hall–Kier alpha value is -1.91. The molecule has 0 saturated carbocycles. The third-order valence-corrected chi connectivity index (χ3v) is 6.86. The molecule has 0 N–H and O–H groups in total. The van der Waals surface area contributed by atoms with E-state index in [0.29, 0.717) is 0 Å². The summed E-state index contributed by atoms with van der Waals surface area (Å²) in [7, 11) is 0. The monoisotopic (exact) mass is 452 g/mol. The van der Waals surface area contributed by atoms with Crippen LogP contribution in [0.3, 0.4) is 0 Å². The van der Waals surface area contributed by atoms with Gasteiger partial charge in [0.2, 0.25) is 0 Å². The van der Waals surface area contributed by atoms with Gasteiger partial charge in [-0.2, -0.15) is 0 Å². The lowest BCUT2D eigenvalue weighted by atomic mass is 9.74. The molecule has 1 fully saturated rings. The molecule has 0 atom stereocenters. The van der Waals surface area contributed by atoms with Crippen LogP contribution in [0.15, 0.2) is 58.6 Å². The summed E-state index contributed by atoms with van der Waals surface area (Å²) in [5, 5.41) is 0. The lowest BCUT2D eigenvalue weighted by molar-refractivity contribution is 0.0977. The Morgan fingerprint density at radius 2 is 1.90 bits per heavy atom. The van der Waals surface area contributed by atoms with Gasteiger partial charge in [0.05, 0.1) is 0 Å². The summed E-state index contributed by atoms with van der Waals surface area (Å²) >= 11 is 3.50. The second-order valence-corrected chi connectivity index (χ2v) is 9.70. The zero-order chi connectivity index (χ0) is 20.6. The number of carbonyl (C=O) groups excluding carboxylic acids is 1. The van der Waals surface area contributed by atoms with Gasteiger partial charge < -0.3 is 4.90 Å². The van der Waals surface area contributed by atoms with Crippen LogP contribution in [0.4, 0.5) is 5.69 Å². The Bertz CT molecular complexity index is 953. The van der Waals surface area contributed by atoms with Gasteiger partial charge in [0.1, 0.15) is 0 Å². The number of amides is 1. The minimum absolute atomic E-state index is 0.0739. The van der Waals surface area contributed by atoms with Crippen molar-refractivity contribution < 1.29 is 4.79 Å². The predicted molar refractivity (Wildman–Crippen MR) is 124 cm³/mol. The van der Waals surface area contributed by atoms with E-state index in [9.17, 15) is 4.79 Å². The van der Waals surface area contributed by atoms with Gasteiger partial charge >= 0.3 is 0 Å². The molecule has 4 rings (SSSR count). The molecule has 0 bridgehead atoms. The number of piperidine rings is 1. The molecule has 3 nitrogen and oxygen atoms in total. The van der Waals surface area contributed by atoms with Crippen molar-refractivity contribution in [1.29, 1.82) is 0 Å². The van der Waals surface area contributed by atoms with Crippen LogP contribution in [-0.4, -0.2) is 37.0 Å². The van der Waals surface area contributed by atoms with E-state index >= 15 is 0 Å². The lowest BCUT2D eigenvalue weighted by Crippen LogP contribution is -2.46. The van der Waals surface area contributed by atoms with Gasteiger partial charge in [0.25, 0.3) is 5.91 Å². The first kappa shape index (κ1) is 20.4. The van der Waals surface area contributed by atoms with E-state index in [1.165, 1.54) is 16.7 Å². The molecule has 152 valence electrons. The van der Waals surface area contributed by atoms with Crippen LogP contribution in [0, 0.1) is 6.92 Å². The smallest absolute Gasteiger partial charge is 0.258 e. The molecule has 0 unspecified atom stereocenters. The molecule has 1 saturated heterocycles. The fourth-order valence-electron chi connectivity index (χ4n) is 4.64. The van der Waals surface area contributed by atoms with Crippen molar-refractivity contribution in [1.82, 2.24) is 4.90 Å². The number of hydrogen-bond acceptors (Lipinski definition) is 2. The zero-order valence-electron chi connectivity index (χ0n) is 17.5. The third kappa shape index (κ3) is 4.06. The van der Waals surface area contributed by atoms with Gasteiger partial charge in [-0.3, -0.25) is 9.69 Å². The molecule has 0 aromatic heterocycles. The first-order chi connectivity index (χ1) is 13.9. The van der Waals surface area contributed by atoms with Gasteiger partial charge in [0.15, 0.2) is 0 Å². The quantitative estimate of drug-likeness (QED) is 0.556. The highest BCUT2D eigenvalue weighted by Crippen LogP contribution is 2.47. The van der Waals surface area contributed by atoms with Gasteiger partial charge in [-0.25, -0.2) is 0 Å². The summed E-state index contributed by atoms with van der Waals surface area (Å²) in [6.45, 7) is 10.4. The van der Waals surface area contributed by atoms with Crippen molar-refractivity contribution in [2.45, 2.75) is 39.0 Å². The van der Waals surface area contributed by atoms with E-state index in [0.717, 1.165) is 54.7 Å². The summed E-state index contributed by atoms with van der Waals surface area (Å²) in [5.74, 6) is 0.0975. The molecular formula is C25H29BrN2O. The number of fused-ring (bicyclic) bond motifs is 2. The normalized spacial score (nSPS) is 18.0. The van der Waals surface area contributed by atoms with Gasteiger partial charge in [-0.05, 0) is 76.5 Å². The molecular weight excluding hydrogens is 424 g/mol. The van der Waals surface area contributed by atoms with E-state index in [1.54, 1.807) is 0 Å². The SMILES string of the molecule is CC(C)=CCN1CCC2(CC1)CN(C(=O)c1cccc(Br)c1)c1ccc(C)cc12. The summed E-state index contributed by atoms with van der Waals surface area (Å²) in [4.78, 5) is 18.0. The van der Waals surface area contributed by atoms with E-state index in [2.05, 4.69) is 65.9 Å². The number of nitrogens with zero attached hydrogens (tertiary/aromatic N) is 2. The van der Waals surface area contributed by atoms with Crippen molar-refractivity contribution in [3.05, 3.63) is 75.3 Å².